The number of oxazole rings is 1. The summed E-state index contributed by atoms with van der Waals surface area (Å²) in [5.41, 5.74) is 2.39. The van der Waals surface area contributed by atoms with Gasteiger partial charge < -0.3 is 9.32 Å². The van der Waals surface area contributed by atoms with Crippen molar-refractivity contribution in [1.29, 1.82) is 0 Å². The van der Waals surface area contributed by atoms with Crippen molar-refractivity contribution in [3.8, 4) is 0 Å². The second kappa shape index (κ2) is 6.21. The van der Waals surface area contributed by atoms with Crippen LogP contribution in [0.25, 0.3) is 10.9 Å². The average molecular weight is 348 g/mol. The van der Waals surface area contributed by atoms with Gasteiger partial charge in [0.1, 0.15) is 11.5 Å². The molecule has 1 saturated heterocycles. The van der Waals surface area contributed by atoms with Crippen LogP contribution in [0.15, 0.2) is 40.9 Å². The van der Waals surface area contributed by atoms with Gasteiger partial charge in [-0.15, -0.1) is 0 Å². The lowest BCUT2D eigenvalue weighted by atomic mass is 10.1. The predicted octanol–water partition coefficient (Wildman–Crippen LogP) is 2.97. The summed E-state index contributed by atoms with van der Waals surface area (Å²) in [4.78, 5) is 26.0. The standard InChI is InChI=1S/C20H20N4O2/c25-20(15-9-14-5-1-2-6-16(14)21-10-15)24-11-17-18(12-24)26-19(22-17)13-23-7-3-4-8-23/h1-2,5-6,9-10H,3-4,7-8,11-13H2. The van der Waals surface area contributed by atoms with Crippen molar-refractivity contribution in [3.05, 3.63) is 59.4 Å². The highest BCUT2D eigenvalue weighted by atomic mass is 16.4. The Morgan fingerprint density at radius 2 is 2.00 bits per heavy atom. The highest BCUT2D eigenvalue weighted by Crippen LogP contribution is 2.26. The molecule has 2 aliphatic rings. The Kier molecular flexibility index (Phi) is 3.71. The number of aromatic nitrogens is 2. The van der Waals surface area contributed by atoms with E-state index in [9.17, 15) is 4.79 Å². The maximum absolute atomic E-state index is 12.8. The number of para-hydroxylation sites is 1. The molecule has 2 aliphatic heterocycles. The van der Waals surface area contributed by atoms with Crippen LogP contribution in [0.4, 0.5) is 0 Å². The van der Waals surface area contributed by atoms with Crippen molar-refractivity contribution >= 4 is 16.8 Å². The molecule has 1 aromatic carbocycles. The summed E-state index contributed by atoms with van der Waals surface area (Å²) in [6.07, 6.45) is 4.15. The molecule has 4 heterocycles. The first-order chi connectivity index (χ1) is 12.8. The first-order valence-electron chi connectivity index (χ1n) is 9.10. The molecular formula is C20H20N4O2. The van der Waals surface area contributed by atoms with E-state index < -0.39 is 0 Å². The number of hydrogen-bond donors (Lipinski definition) is 0. The van der Waals surface area contributed by atoms with Crippen LogP contribution >= 0.6 is 0 Å². The first kappa shape index (κ1) is 15.5. The van der Waals surface area contributed by atoms with Crippen molar-refractivity contribution in [2.45, 2.75) is 32.5 Å². The monoisotopic (exact) mass is 348 g/mol. The Balaban J connectivity index is 1.31. The number of carbonyl (C=O) groups excluding carboxylic acids is 1. The van der Waals surface area contributed by atoms with Crippen molar-refractivity contribution in [3.63, 3.8) is 0 Å². The van der Waals surface area contributed by atoms with Crippen molar-refractivity contribution < 1.29 is 9.21 Å². The Hall–Kier alpha value is -2.73. The largest absolute Gasteiger partial charge is 0.442 e. The summed E-state index contributed by atoms with van der Waals surface area (Å²) in [6.45, 7) is 3.99. The van der Waals surface area contributed by atoms with Crippen LogP contribution in [-0.2, 0) is 19.6 Å². The highest BCUT2D eigenvalue weighted by Gasteiger charge is 2.30. The lowest BCUT2D eigenvalue weighted by Gasteiger charge is -2.15. The number of nitrogens with zero attached hydrogens (tertiary/aromatic N) is 4. The van der Waals surface area contributed by atoms with Crippen molar-refractivity contribution in [1.82, 2.24) is 19.8 Å². The van der Waals surface area contributed by atoms with Crippen LogP contribution in [-0.4, -0.2) is 38.8 Å². The molecular weight excluding hydrogens is 328 g/mol. The van der Waals surface area contributed by atoms with Gasteiger partial charge in [0, 0.05) is 11.6 Å². The molecule has 1 amide bonds. The molecule has 0 atom stereocenters. The molecule has 1 fully saturated rings. The van der Waals surface area contributed by atoms with Gasteiger partial charge in [-0.2, -0.15) is 0 Å². The Morgan fingerprint density at radius 1 is 1.15 bits per heavy atom. The minimum atomic E-state index is -0.0301. The minimum Gasteiger partial charge on any atom is -0.442 e. The molecule has 6 nitrogen and oxygen atoms in total. The average Bonchev–Trinajstić information content (AvgIpc) is 3.37. The third kappa shape index (κ3) is 2.76. The van der Waals surface area contributed by atoms with E-state index in [1.165, 1.54) is 12.8 Å². The topological polar surface area (TPSA) is 62.5 Å². The number of amides is 1. The smallest absolute Gasteiger partial charge is 0.256 e. The van der Waals surface area contributed by atoms with Gasteiger partial charge in [-0.25, -0.2) is 4.98 Å². The third-order valence-electron chi connectivity index (χ3n) is 5.18. The Morgan fingerprint density at radius 3 is 2.85 bits per heavy atom. The first-order valence-corrected chi connectivity index (χ1v) is 9.10. The fraction of sp³-hybridized carbons (Fsp3) is 0.350. The fourth-order valence-electron chi connectivity index (χ4n) is 3.81. The number of fused-ring (bicyclic) bond motifs is 2. The van der Waals surface area contributed by atoms with E-state index in [0.717, 1.165) is 47.9 Å². The van der Waals surface area contributed by atoms with Gasteiger partial charge in [0.05, 0.1) is 30.7 Å². The van der Waals surface area contributed by atoms with Crippen LogP contribution in [0.1, 0.15) is 40.5 Å². The Bertz CT molecular complexity index is 951. The molecule has 0 radical (unpaired) electrons. The summed E-state index contributed by atoms with van der Waals surface area (Å²) >= 11 is 0. The van der Waals surface area contributed by atoms with E-state index in [-0.39, 0.29) is 5.91 Å². The molecule has 5 rings (SSSR count). The molecule has 0 bridgehead atoms. The SMILES string of the molecule is O=C(c1cnc2ccccc2c1)N1Cc2nc(CN3CCCC3)oc2C1. The molecule has 6 heteroatoms. The quantitative estimate of drug-likeness (QED) is 0.728. The molecule has 132 valence electrons. The summed E-state index contributed by atoms with van der Waals surface area (Å²) in [5, 5.41) is 0.972. The van der Waals surface area contributed by atoms with Gasteiger partial charge in [-0.3, -0.25) is 14.7 Å². The van der Waals surface area contributed by atoms with Crippen LogP contribution in [0.5, 0.6) is 0 Å². The van der Waals surface area contributed by atoms with E-state index in [2.05, 4.69) is 14.9 Å². The number of hydrogen-bond acceptors (Lipinski definition) is 5. The van der Waals surface area contributed by atoms with E-state index >= 15 is 0 Å². The second-order valence-electron chi connectivity index (χ2n) is 7.04. The van der Waals surface area contributed by atoms with E-state index in [0.29, 0.717) is 18.7 Å². The maximum Gasteiger partial charge on any atom is 0.256 e. The maximum atomic E-state index is 12.8. The molecule has 0 unspecified atom stereocenters. The number of benzene rings is 1. The molecule has 0 spiro atoms. The molecule has 3 aromatic rings. The zero-order valence-electron chi connectivity index (χ0n) is 14.5. The molecule has 2 aromatic heterocycles. The van der Waals surface area contributed by atoms with Gasteiger partial charge in [0.15, 0.2) is 0 Å². The Labute approximate surface area is 151 Å². The number of likely N-dealkylation sites (tertiary alicyclic amines) is 1. The van der Waals surface area contributed by atoms with Crippen molar-refractivity contribution in [2.75, 3.05) is 13.1 Å². The number of carbonyl (C=O) groups is 1. The van der Waals surface area contributed by atoms with Crippen LogP contribution < -0.4 is 0 Å². The van der Waals surface area contributed by atoms with Crippen LogP contribution in [0.3, 0.4) is 0 Å². The van der Waals surface area contributed by atoms with Gasteiger partial charge in [0.2, 0.25) is 5.89 Å². The zero-order valence-corrected chi connectivity index (χ0v) is 14.5. The van der Waals surface area contributed by atoms with Crippen LogP contribution in [0.2, 0.25) is 0 Å². The number of rotatable bonds is 3. The summed E-state index contributed by atoms with van der Waals surface area (Å²) < 4.78 is 5.91. The second-order valence-corrected chi connectivity index (χ2v) is 7.04. The summed E-state index contributed by atoms with van der Waals surface area (Å²) in [6, 6.07) is 9.71. The number of pyridine rings is 1. The predicted molar refractivity (Wildman–Crippen MR) is 96.3 cm³/mol. The zero-order chi connectivity index (χ0) is 17.5. The lowest BCUT2D eigenvalue weighted by Crippen LogP contribution is -2.26. The van der Waals surface area contributed by atoms with E-state index in [1.54, 1.807) is 11.1 Å². The minimum absolute atomic E-state index is 0.0301. The highest BCUT2D eigenvalue weighted by molar-refractivity contribution is 5.97. The summed E-state index contributed by atoms with van der Waals surface area (Å²) in [5.74, 6) is 1.57. The van der Waals surface area contributed by atoms with Crippen molar-refractivity contribution in [2.24, 2.45) is 0 Å². The van der Waals surface area contributed by atoms with Gasteiger partial charge in [-0.1, -0.05) is 18.2 Å². The molecule has 0 aliphatic carbocycles. The summed E-state index contributed by atoms with van der Waals surface area (Å²) in [7, 11) is 0. The van der Waals surface area contributed by atoms with Gasteiger partial charge >= 0.3 is 0 Å². The molecule has 0 N–H and O–H groups in total. The lowest BCUT2D eigenvalue weighted by molar-refractivity contribution is 0.0740. The van der Waals surface area contributed by atoms with Crippen LogP contribution in [0, 0.1) is 0 Å². The van der Waals surface area contributed by atoms with E-state index in [4.69, 9.17) is 4.42 Å². The molecule has 0 saturated carbocycles. The normalized spacial score (nSPS) is 17.2. The fourth-order valence-corrected chi connectivity index (χ4v) is 3.81. The van der Waals surface area contributed by atoms with Gasteiger partial charge in [-0.05, 0) is 38.1 Å². The van der Waals surface area contributed by atoms with E-state index in [1.807, 2.05) is 30.3 Å². The van der Waals surface area contributed by atoms with Gasteiger partial charge in [0.25, 0.3) is 5.91 Å². The third-order valence-corrected chi connectivity index (χ3v) is 5.18. The molecule has 26 heavy (non-hydrogen) atoms.